The Morgan fingerprint density at radius 1 is 1.12 bits per heavy atom. The highest BCUT2D eigenvalue weighted by Gasteiger charge is 2.01. The molecule has 0 spiro atoms. The fraction of sp³-hybridized carbons (Fsp3) is 0.214. The van der Waals surface area contributed by atoms with Crippen LogP contribution in [-0.4, -0.2) is 19.1 Å². The van der Waals surface area contributed by atoms with Crippen LogP contribution in [0.4, 0.5) is 11.5 Å². The molecule has 0 unspecified atom stereocenters. The van der Waals surface area contributed by atoms with E-state index < -0.39 is 0 Å². The smallest absolute Gasteiger partial charge is 0.125 e. The lowest BCUT2D eigenvalue weighted by molar-refractivity contribution is 0.916. The van der Waals surface area contributed by atoms with Crippen LogP contribution in [0.1, 0.15) is 5.56 Å². The van der Waals surface area contributed by atoms with E-state index >= 15 is 0 Å². The molecule has 0 amide bonds. The van der Waals surface area contributed by atoms with Crippen LogP contribution < -0.4 is 10.2 Å². The van der Waals surface area contributed by atoms with Gasteiger partial charge in [-0.1, -0.05) is 24.3 Å². The van der Waals surface area contributed by atoms with Gasteiger partial charge in [0, 0.05) is 32.5 Å². The van der Waals surface area contributed by atoms with Gasteiger partial charge in [-0.25, -0.2) is 4.98 Å². The molecular weight excluding hydrogens is 210 g/mol. The van der Waals surface area contributed by atoms with Crippen LogP contribution in [-0.2, 0) is 6.54 Å². The molecule has 0 radical (unpaired) electrons. The van der Waals surface area contributed by atoms with Gasteiger partial charge in [-0.15, -0.1) is 0 Å². The van der Waals surface area contributed by atoms with Crippen molar-refractivity contribution in [2.24, 2.45) is 0 Å². The third-order valence-electron chi connectivity index (χ3n) is 2.70. The average molecular weight is 227 g/mol. The third kappa shape index (κ3) is 2.97. The Kier molecular flexibility index (Phi) is 3.60. The van der Waals surface area contributed by atoms with Gasteiger partial charge in [-0.3, -0.25) is 0 Å². The Bertz CT molecular complexity index is 451. The predicted molar refractivity (Wildman–Crippen MR) is 72.3 cm³/mol. The maximum absolute atomic E-state index is 4.31. The summed E-state index contributed by atoms with van der Waals surface area (Å²) in [7, 11) is 3.96. The molecule has 3 nitrogen and oxygen atoms in total. The topological polar surface area (TPSA) is 28.2 Å². The standard InChI is InChI=1S/C14H17N3/c1-15-14-9-8-12(10-16-14)11-17(2)13-6-4-3-5-7-13/h3-10H,11H2,1-2H3,(H,15,16). The zero-order valence-corrected chi connectivity index (χ0v) is 10.2. The molecule has 0 saturated heterocycles. The molecule has 3 heteroatoms. The van der Waals surface area contributed by atoms with Gasteiger partial charge in [-0.05, 0) is 23.8 Å². The molecule has 0 aliphatic rings. The van der Waals surface area contributed by atoms with Crippen molar-refractivity contribution in [1.29, 1.82) is 0 Å². The van der Waals surface area contributed by atoms with Crippen LogP contribution in [0.5, 0.6) is 0 Å². The Morgan fingerprint density at radius 3 is 2.47 bits per heavy atom. The first-order valence-electron chi connectivity index (χ1n) is 5.68. The summed E-state index contributed by atoms with van der Waals surface area (Å²) in [4.78, 5) is 6.51. The van der Waals surface area contributed by atoms with E-state index in [2.05, 4.69) is 40.4 Å². The number of aromatic nitrogens is 1. The van der Waals surface area contributed by atoms with Crippen molar-refractivity contribution in [3.63, 3.8) is 0 Å². The lowest BCUT2D eigenvalue weighted by Gasteiger charge is -2.19. The number of pyridine rings is 1. The van der Waals surface area contributed by atoms with Gasteiger partial charge in [-0.2, -0.15) is 0 Å². The highest BCUT2D eigenvalue weighted by molar-refractivity contribution is 5.46. The molecule has 1 heterocycles. The molecule has 0 atom stereocenters. The van der Waals surface area contributed by atoms with E-state index in [9.17, 15) is 0 Å². The van der Waals surface area contributed by atoms with Crippen molar-refractivity contribution in [2.75, 3.05) is 24.3 Å². The minimum Gasteiger partial charge on any atom is -0.373 e. The van der Waals surface area contributed by atoms with Crippen LogP contribution in [0.2, 0.25) is 0 Å². The zero-order chi connectivity index (χ0) is 12.1. The Morgan fingerprint density at radius 2 is 1.88 bits per heavy atom. The summed E-state index contributed by atoms with van der Waals surface area (Å²) in [5.41, 5.74) is 2.42. The van der Waals surface area contributed by atoms with E-state index in [0.717, 1.165) is 12.4 Å². The minimum absolute atomic E-state index is 0.862. The Balaban J connectivity index is 2.05. The van der Waals surface area contributed by atoms with Crippen LogP contribution in [0.25, 0.3) is 0 Å². The number of hydrogen-bond acceptors (Lipinski definition) is 3. The van der Waals surface area contributed by atoms with Crippen molar-refractivity contribution in [2.45, 2.75) is 6.54 Å². The van der Waals surface area contributed by atoms with Crippen molar-refractivity contribution >= 4 is 11.5 Å². The number of nitrogens with one attached hydrogen (secondary N) is 1. The van der Waals surface area contributed by atoms with Gasteiger partial charge in [0.1, 0.15) is 5.82 Å². The maximum Gasteiger partial charge on any atom is 0.125 e. The van der Waals surface area contributed by atoms with Crippen LogP contribution in [0.3, 0.4) is 0 Å². The first kappa shape index (κ1) is 11.5. The van der Waals surface area contributed by atoms with Crippen molar-refractivity contribution in [3.8, 4) is 0 Å². The molecule has 0 aliphatic heterocycles. The zero-order valence-electron chi connectivity index (χ0n) is 10.2. The summed E-state index contributed by atoms with van der Waals surface area (Å²) in [5, 5.41) is 3.01. The molecule has 2 rings (SSSR count). The van der Waals surface area contributed by atoms with Crippen LogP contribution in [0, 0.1) is 0 Å². The second-order valence-electron chi connectivity index (χ2n) is 3.99. The lowest BCUT2D eigenvalue weighted by atomic mass is 10.2. The number of para-hydroxylation sites is 1. The normalized spacial score (nSPS) is 10.0. The quantitative estimate of drug-likeness (QED) is 0.870. The summed E-state index contributed by atoms with van der Waals surface area (Å²) in [6, 6.07) is 14.4. The van der Waals surface area contributed by atoms with Gasteiger partial charge < -0.3 is 10.2 Å². The van der Waals surface area contributed by atoms with Gasteiger partial charge in [0.05, 0.1) is 0 Å². The Labute approximate surface area is 102 Å². The van der Waals surface area contributed by atoms with E-state index in [1.807, 2.05) is 37.5 Å². The molecule has 1 aromatic carbocycles. The van der Waals surface area contributed by atoms with Crippen LogP contribution >= 0.6 is 0 Å². The van der Waals surface area contributed by atoms with Gasteiger partial charge in [0.2, 0.25) is 0 Å². The molecule has 1 N–H and O–H groups in total. The number of benzene rings is 1. The number of anilines is 2. The highest BCUT2D eigenvalue weighted by Crippen LogP contribution is 2.14. The van der Waals surface area contributed by atoms with E-state index in [4.69, 9.17) is 0 Å². The third-order valence-corrected chi connectivity index (χ3v) is 2.70. The van der Waals surface area contributed by atoms with Crippen molar-refractivity contribution in [1.82, 2.24) is 4.98 Å². The second-order valence-corrected chi connectivity index (χ2v) is 3.99. The first-order chi connectivity index (χ1) is 8.29. The lowest BCUT2D eigenvalue weighted by Crippen LogP contribution is -2.16. The summed E-state index contributed by atoms with van der Waals surface area (Å²) in [6.07, 6.45) is 1.91. The number of rotatable bonds is 4. The van der Waals surface area contributed by atoms with Gasteiger partial charge in [0.25, 0.3) is 0 Å². The van der Waals surface area contributed by atoms with Gasteiger partial charge >= 0.3 is 0 Å². The summed E-state index contributed by atoms with van der Waals surface area (Å²) < 4.78 is 0. The highest BCUT2D eigenvalue weighted by atomic mass is 15.1. The fourth-order valence-electron chi connectivity index (χ4n) is 1.71. The summed E-state index contributed by atoms with van der Waals surface area (Å²) >= 11 is 0. The SMILES string of the molecule is CNc1ccc(CN(C)c2ccccc2)cn1. The van der Waals surface area contributed by atoms with Crippen molar-refractivity contribution in [3.05, 3.63) is 54.2 Å². The van der Waals surface area contributed by atoms with E-state index in [0.29, 0.717) is 0 Å². The molecule has 0 fully saturated rings. The predicted octanol–water partition coefficient (Wildman–Crippen LogP) is 2.76. The van der Waals surface area contributed by atoms with Crippen LogP contribution in [0.15, 0.2) is 48.7 Å². The van der Waals surface area contributed by atoms with E-state index in [1.165, 1.54) is 11.3 Å². The Hall–Kier alpha value is -2.03. The van der Waals surface area contributed by atoms with E-state index in [1.54, 1.807) is 0 Å². The second kappa shape index (κ2) is 5.34. The maximum atomic E-state index is 4.31. The monoisotopic (exact) mass is 227 g/mol. The summed E-state index contributed by atoms with van der Waals surface area (Å²) in [6.45, 7) is 0.862. The van der Waals surface area contributed by atoms with Crippen molar-refractivity contribution < 1.29 is 0 Å². The average Bonchev–Trinajstić information content (AvgIpc) is 2.40. The largest absolute Gasteiger partial charge is 0.373 e. The summed E-state index contributed by atoms with van der Waals surface area (Å²) in [5.74, 6) is 0.899. The number of nitrogens with zero attached hydrogens (tertiary/aromatic N) is 2. The molecule has 88 valence electrons. The van der Waals surface area contributed by atoms with Gasteiger partial charge in [0.15, 0.2) is 0 Å². The number of hydrogen-bond donors (Lipinski definition) is 1. The molecule has 0 bridgehead atoms. The molecule has 1 aromatic heterocycles. The first-order valence-corrected chi connectivity index (χ1v) is 5.68. The molecule has 17 heavy (non-hydrogen) atoms. The molecule has 0 aliphatic carbocycles. The van der Waals surface area contributed by atoms with E-state index in [-0.39, 0.29) is 0 Å². The molecular formula is C14H17N3. The molecule has 2 aromatic rings. The molecule has 0 saturated carbocycles. The minimum atomic E-state index is 0.862. The fourth-order valence-corrected chi connectivity index (χ4v) is 1.71.